The highest BCUT2D eigenvalue weighted by atomic mass is 16.6. The van der Waals surface area contributed by atoms with Gasteiger partial charge in [0.25, 0.3) is 0 Å². The molecule has 26 heavy (non-hydrogen) atoms. The van der Waals surface area contributed by atoms with E-state index in [1.807, 2.05) is 6.07 Å². The van der Waals surface area contributed by atoms with E-state index in [4.69, 9.17) is 18.6 Å². The van der Waals surface area contributed by atoms with Gasteiger partial charge in [0.15, 0.2) is 0 Å². The minimum Gasteiger partial charge on any atom is -0.472 e. The molecule has 4 heterocycles. The van der Waals surface area contributed by atoms with Crippen LogP contribution in [0.5, 0.6) is 0 Å². The van der Waals surface area contributed by atoms with Crippen LogP contribution < -0.4 is 0 Å². The van der Waals surface area contributed by atoms with E-state index in [2.05, 4.69) is 6.92 Å². The minimum atomic E-state index is -0.298. The normalized spacial score (nSPS) is 51.4. The fourth-order valence-corrected chi connectivity index (χ4v) is 6.83. The van der Waals surface area contributed by atoms with Gasteiger partial charge < -0.3 is 18.6 Å². The minimum absolute atomic E-state index is 0.0734. The maximum Gasteiger partial charge on any atom is 0.310 e. The van der Waals surface area contributed by atoms with E-state index in [0.717, 1.165) is 31.2 Å². The zero-order valence-corrected chi connectivity index (χ0v) is 14.7. The van der Waals surface area contributed by atoms with Crippen molar-refractivity contribution in [2.24, 2.45) is 28.6 Å². The Labute approximate surface area is 151 Å². The topological polar surface area (TPSA) is 78.3 Å². The molecule has 0 aromatic carbocycles. The number of fused-ring (bicyclic) bond motifs is 4. The molecular formula is C20H22O6. The summed E-state index contributed by atoms with van der Waals surface area (Å²) in [5.74, 6) is -0.258. The predicted molar refractivity (Wildman–Crippen MR) is 86.6 cm³/mol. The first-order valence-corrected chi connectivity index (χ1v) is 9.58. The van der Waals surface area contributed by atoms with Gasteiger partial charge in [0.2, 0.25) is 0 Å². The summed E-state index contributed by atoms with van der Waals surface area (Å²) in [7, 11) is 0. The molecule has 0 unspecified atom stereocenters. The lowest BCUT2D eigenvalue weighted by Gasteiger charge is -2.59. The van der Waals surface area contributed by atoms with Gasteiger partial charge in [-0.2, -0.15) is 0 Å². The van der Waals surface area contributed by atoms with Crippen LogP contribution in [0.1, 0.15) is 44.3 Å². The Morgan fingerprint density at radius 2 is 2.08 bits per heavy atom. The number of rotatable bonds is 1. The van der Waals surface area contributed by atoms with Crippen LogP contribution in [-0.2, 0) is 23.8 Å². The average molecular weight is 358 g/mol. The fourth-order valence-electron chi connectivity index (χ4n) is 6.83. The van der Waals surface area contributed by atoms with E-state index in [1.54, 1.807) is 12.5 Å². The molecule has 6 heteroatoms. The lowest BCUT2D eigenvalue weighted by atomic mass is 9.44. The van der Waals surface area contributed by atoms with Crippen molar-refractivity contribution < 1.29 is 28.2 Å². The molecular weight excluding hydrogens is 336 g/mol. The molecule has 0 bridgehead atoms. The quantitative estimate of drug-likeness (QED) is 0.567. The summed E-state index contributed by atoms with van der Waals surface area (Å²) in [5.41, 5.74) is 0.456. The SMILES string of the molecule is C[C@]12C[C@H](c3ccoc3)OC(=O)[C@H]1CC[C@]13COC(=O)[C@H]1C[C@@H]1O[C@@H]1[C@@H]23. The lowest BCUT2D eigenvalue weighted by Crippen LogP contribution is -2.61. The van der Waals surface area contributed by atoms with Crippen molar-refractivity contribution in [3.8, 4) is 0 Å². The third-order valence-electron chi connectivity index (χ3n) is 7.99. The molecule has 8 atom stereocenters. The molecule has 138 valence electrons. The summed E-state index contributed by atoms with van der Waals surface area (Å²) in [5, 5.41) is 0. The monoisotopic (exact) mass is 358 g/mol. The predicted octanol–water partition coefficient (Wildman–Crippen LogP) is 2.63. The number of hydrogen-bond acceptors (Lipinski definition) is 6. The van der Waals surface area contributed by atoms with Crippen LogP contribution in [0.3, 0.4) is 0 Å². The Morgan fingerprint density at radius 1 is 1.19 bits per heavy atom. The van der Waals surface area contributed by atoms with Gasteiger partial charge in [0.05, 0.1) is 43.2 Å². The molecule has 1 aromatic heterocycles. The number of epoxide rings is 1. The summed E-state index contributed by atoms with van der Waals surface area (Å²) in [6, 6.07) is 1.86. The molecule has 3 saturated heterocycles. The van der Waals surface area contributed by atoms with Gasteiger partial charge in [0.1, 0.15) is 6.10 Å². The van der Waals surface area contributed by atoms with Crippen molar-refractivity contribution in [2.75, 3.05) is 6.61 Å². The second-order valence-electron chi connectivity index (χ2n) is 9.03. The van der Waals surface area contributed by atoms with E-state index in [1.165, 1.54) is 0 Å². The summed E-state index contributed by atoms with van der Waals surface area (Å²) >= 11 is 0. The van der Waals surface area contributed by atoms with Crippen LogP contribution >= 0.6 is 0 Å². The van der Waals surface area contributed by atoms with E-state index >= 15 is 0 Å². The van der Waals surface area contributed by atoms with Crippen LogP contribution in [0.2, 0.25) is 0 Å². The van der Waals surface area contributed by atoms with Crippen molar-refractivity contribution in [1.82, 2.24) is 0 Å². The number of carbonyl (C=O) groups excluding carboxylic acids is 2. The third-order valence-corrected chi connectivity index (χ3v) is 7.99. The molecule has 2 aliphatic carbocycles. The van der Waals surface area contributed by atoms with E-state index in [9.17, 15) is 9.59 Å². The van der Waals surface area contributed by atoms with Crippen LogP contribution in [0.4, 0.5) is 0 Å². The molecule has 0 radical (unpaired) electrons. The van der Waals surface area contributed by atoms with Crippen molar-refractivity contribution >= 4 is 11.9 Å². The first kappa shape index (κ1) is 15.3. The summed E-state index contributed by atoms with van der Waals surface area (Å²) in [6.45, 7) is 2.68. The number of hydrogen-bond donors (Lipinski definition) is 0. The smallest absolute Gasteiger partial charge is 0.310 e. The van der Waals surface area contributed by atoms with Gasteiger partial charge in [-0.25, -0.2) is 0 Å². The second-order valence-corrected chi connectivity index (χ2v) is 9.03. The molecule has 3 aliphatic heterocycles. The average Bonchev–Trinajstić information content (AvgIpc) is 3.01. The van der Waals surface area contributed by atoms with Gasteiger partial charge in [-0.15, -0.1) is 0 Å². The molecule has 2 saturated carbocycles. The summed E-state index contributed by atoms with van der Waals surface area (Å²) < 4.78 is 22.6. The third kappa shape index (κ3) is 1.71. The molecule has 5 aliphatic rings. The van der Waals surface area contributed by atoms with Crippen molar-refractivity contribution in [2.45, 2.75) is 50.9 Å². The zero-order chi connectivity index (χ0) is 17.7. The van der Waals surface area contributed by atoms with E-state index in [0.29, 0.717) is 6.61 Å². The summed E-state index contributed by atoms with van der Waals surface area (Å²) in [4.78, 5) is 25.3. The number of cyclic esters (lactones) is 2. The highest BCUT2D eigenvalue weighted by Gasteiger charge is 2.74. The first-order valence-electron chi connectivity index (χ1n) is 9.58. The Kier molecular flexibility index (Phi) is 2.77. The first-order chi connectivity index (χ1) is 12.5. The Hall–Kier alpha value is -1.82. The van der Waals surface area contributed by atoms with Crippen LogP contribution in [0.25, 0.3) is 0 Å². The molecule has 5 fully saturated rings. The fraction of sp³-hybridized carbons (Fsp3) is 0.700. The van der Waals surface area contributed by atoms with E-state index in [-0.39, 0.29) is 58.8 Å². The highest BCUT2D eigenvalue weighted by Crippen LogP contribution is 2.70. The number of ether oxygens (including phenoxy) is 3. The number of carbonyl (C=O) groups is 2. The van der Waals surface area contributed by atoms with Gasteiger partial charge >= 0.3 is 11.9 Å². The Bertz CT molecular complexity index is 786. The summed E-state index contributed by atoms with van der Waals surface area (Å²) in [6.07, 6.45) is 6.37. The van der Waals surface area contributed by atoms with Crippen LogP contribution in [0, 0.1) is 28.6 Å². The molecule has 0 amide bonds. The highest BCUT2D eigenvalue weighted by molar-refractivity contribution is 5.78. The van der Waals surface area contributed by atoms with Gasteiger partial charge in [-0.3, -0.25) is 9.59 Å². The van der Waals surface area contributed by atoms with Gasteiger partial charge in [0, 0.05) is 16.9 Å². The van der Waals surface area contributed by atoms with Crippen LogP contribution in [0.15, 0.2) is 23.0 Å². The van der Waals surface area contributed by atoms with E-state index < -0.39 is 0 Å². The standard InChI is InChI=1S/C20H22O6/c1-19-7-14(10-3-5-23-8-10)26-18(22)11(19)2-4-20-9-24-17(21)12(20)6-13-15(25-13)16(19)20/h3,5,8,11-16H,2,4,6-7,9H2,1H3/t11-,12-,13+,14-,15+,16+,19+,20+/m1/s1. The molecule has 6 nitrogen and oxygen atoms in total. The maximum absolute atomic E-state index is 12.9. The maximum atomic E-state index is 12.9. The van der Waals surface area contributed by atoms with Gasteiger partial charge in [-0.1, -0.05) is 6.92 Å². The molecule has 0 N–H and O–H groups in total. The Balaban J connectivity index is 1.44. The number of furan rings is 1. The zero-order valence-electron chi connectivity index (χ0n) is 14.7. The molecule has 1 spiro atoms. The van der Waals surface area contributed by atoms with Crippen molar-refractivity contribution in [3.63, 3.8) is 0 Å². The Morgan fingerprint density at radius 3 is 2.88 bits per heavy atom. The molecule has 6 rings (SSSR count). The van der Waals surface area contributed by atoms with Gasteiger partial charge in [-0.05, 0) is 37.2 Å². The van der Waals surface area contributed by atoms with Crippen molar-refractivity contribution in [1.29, 1.82) is 0 Å². The van der Waals surface area contributed by atoms with Crippen LogP contribution in [-0.4, -0.2) is 30.8 Å². The molecule has 1 aromatic rings. The second kappa shape index (κ2) is 4.71. The van der Waals surface area contributed by atoms with Crippen molar-refractivity contribution in [3.05, 3.63) is 24.2 Å². The number of esters is 2. The lowest BCUT2D eigenvalue weighted by molar-refractivity contribution is -0.199. The largest absolute Gasteiger partial charge is 0.472 e.